The minimum Gasteiger partial charge on any atom is -0.452 e. The second-order valence-electron chi connectivity index (χ2n) is 9.64. The predicted octanol–water partition coefficient (Wildman–Crippen LogP) is 3.38. The van der Waals surface area contributed by atoms with Crippen molar-refractivity contribution in [1.82, 2.24) is 10.9 Å². The Kier molecular flexibility index (Phi) is 7.49. The first kappa shape index (κ1) is 25.8. The number of carbonyl (C=O) groups is 5. The van der Waals surface area contributed by atoms with Gasteiger partial charge in [0.2, 0.25) is 11.8 Å². The van der Waals surface area contributed by atoms with Gasteiger partial charge in [-0.2, -0.15) is 0 Å². The second kappa shape index (κ2) is 11.3. The van der Waals surface area contributed by atoms with Crippen LogP contribution in [-0.2, 0) is 19.1 Å². The molecule has 1 saturated heterocycles. The maximum Gasteiger partial charge on any atom is 0.338 e. The zero-order valence-electron chi connectivity index (χ0n) is 21.0. The number of rotatable bonds is 6. The molecule has 4 amide bonds. The SMILES string of the molecule is O=C(COC(=O)c1ccc(N2C(=O)[C@H]3C[C@@H](c4ccccc4)CC[C@H]3C2=O)cc1)NNC(=O)c1ccccc1. The fraction of sp³-hybridized carbons (Fsp3) is 0.233. The lowest BCUT2D eigenvalue weighted by Gasteiger charge is -2.28. The highest BCUT2D eigenvalue weighted by Crippen LogP contribution is 2.45. The van der Waals surface area contributed by atoms with E-state index in [1.165, 1.54) is 34.7 Å². The van der Waals surface area contributed by atoms with Crippen LogP contribution in [0.25, 0.3) is 0 Å². The monoisotopic (exact) mass is 525 g/mol. The zero-order valence-corrected chi connectivity index (χ0v) is 21.0. The van der Waals surface area contributed by atoms with E-state index in [-0.39, 0.29) is 35.1 Å². The Balaban J connectivity index is 1.15. The van der Waals surface area contributed by atoms with Gasteiger partial charge in [0.25, 0.3) is 11.8 Å². The van der Waals surface area contributed by atoms with Crippen LogP contribution in [0.4, 0.5) is 5.69 Å². The predicted molar refractivity (Wildman–Crippen MR) is 141 cm³/mol. The Morgan fingerprint density at radius 3 is 2.08 bits per heavy atom. The number of ether oxygens (including phenoxy) is 1. The summed E-state index contributed by atoms with van der Waals surface area (Å²) in [5.74, 6) is -2.85. The molecule has 0 spiro atoms. The van der Waals surface area contributed by atoms with Crippen molar-refractivity contribution in [1.29, 1.82) is 0 Å². The minimum atomic E-state index is -0.760. The van der Waals surface area contributed by atoms with Crippen molar-refractivity contribution >= 4 is 35.3 Å². The number of benzene rings is 3. The van der Waals surface area contributed by atoms with Crippen LogP contribution in [0.2, 0.25) is 0 Å². The highest BCUT2D eigenvalue weighted by Gasteiger charge is 2.50. The van der Waals surface area contributed by atoms with E-state index in [0.29, 0.717) is 24.1 Å². The number of fused-ring (bicyclic) bond motifs is 1. The number of hydrazine groups is 1. The fourth-order valence-corrected chi connectivity index (χ4v) is 5.25. The van der Waals surface area contributed by atoms with E-state index in [1.807, 2.05) is 18.2 Å². The van der Waals surface area contributed by atoms with Crippen LogP contribution in [0, 0.1) is 11.8 Å². The number of hydrogen-bond donors (Lipinski definition) is 2. The van der Waals surface area contributed by atoms with E-state index in [1.54, 1.807) is 30.3 Å². The average molecular weight is 526 g/mol. The number of imide groups is 1. The molecule has 2 aliphatic rings. The first-order chi connectivity index (χ1) is 18.9. The lowest BCUT2D eigenvalue weighted by Crippen LogP contribution is -2.43. The fourth-order valence-electron chi connectivity index (χ4n) is 5.25. The van der Waals surface area contributed by atoms with Crippen LogP contribution in [0.15, 0.2) is 84.9 Å². The molecule has 3 atom stereocenters. The van der Waals surface area contributed by atoms with Gasteiger partial charge in [0.05, 0.1) is 23.1 Å². The van der Waals surface area contributed by atoms with Gasteiger partial charge in [-0.05, 0) is 67.1 Å². The Hall–Kier alpha value is -4.79. The summed E-state index contributed by atoms with van der Waals surface area (Å²) >= 11 is 0. The van der Waals surface area contributed by atoms with Gasteiger partial charge in [-0.1, -0.05) is 48.5 Å². The molecule has 3 aromatic carbocycles. The van der Waals surface area contributed by atoms with Crippen LogP contribution in [0.5, 0.6) is 0 Å². The van der Waals surface area contributed by atoms with Crippen molar-refractivity contribution < 1.29 is 28.7 Å². The molecule has 0 aromatic heterocycles. The third kappa shape index (κ3) is 5.57. The third-order valence-corrected chi connectivity index (χ3v) is 7.24. The summed E-state index contributed by atoms with van der Waals surface area (Å²) in [5.41, 5.74) is 6.52. The standard InChI is InChI=1S/C30H27N3O6/c34-26(31-32-27(35)20-9-5-2-6-10-20)18-39-30(38)21-11-14-23(15-12-21)33-28(36)24-16-13-22(17-25(24)29(33)37)19-7-3-1-4-8-19/h1-12,14-15,22,24-25H,13,16-18H2,(H,31,34)(H,32,35)/t22-,24+,25-/m0/s1. The molecule has 39 heavy (non-hydrogen) atoms. The Labute approximate surface area is 225 Å². The van der Waals surface area contributed by atoms with E-state index in [9.17, 15) is 24.0 Å². The molecule has 1 heterocycles. The van der Waals surface area contributed by atoms with E-state index in [0.717, 1.165) is 6.42 Å². The Bertz CT molecular complexity index is 1390. The Morgan fingerprint density at radius 2 is 1.38 bits per heavy atom. The molecule has 5 rings (SSSR count). The topological polar surface area (TPSA) is 122 Å². The number of nitrogens with one attached hydrogen (secondary N) is 2. The summed E-state index contributed by atoms with van der Waals surface area (Å²) < 4.78 is 5.02. The molecule has 3 aromatic rings. The number of nitrogens with zero attached hydrogens (tertiary/aromatic N) is 1. The smallest absolute Gasteiger partial charge is 0.338 e. The van der Waals surface area contributed by atoms with E-state index in [2.05, 4.69) is 23.0 Å². The van der Waals surface area contributed by atoms with E-state index in [4.69, 9.17) is 4.74 Å². The van der Waals surface area contributed by atoms with Gasteiger partial charge in [-0.25, -0.2) is 4.79 Å². The highest BCUT2D eigenvalue weighted by molar-refractivity contribution is 6.22. The van der Waals surface area contributed by atoms with Crippen molar-refractivity contribution in [3.63, 3.8) is 0 Å². The maximum absolute atomic E-state index is 13.3. The van der Waals surface area contributed by atoms with Crippen LogP contribution in [0.3, 0.4) is 0 Å². The van der Waals surface area contributed by atoms with Crippen molar-refractivity contribution in [2.24, 2.45) is 11.8 Å². The maximum atomic E-state index is 13.3. The lowest BCUT2D eigenvalue weighted by atomic mass is 9.73. The summed E-state index contributed by atoms with van der Waals surface area (Å²) in [5, 5.41) is 0. The first-order valence-electron chi connectivity index (χ1n) is 12.8. The molecular weight excluding hydrogens is 498 g/mol. The van der Waals surface area contributed by atoms with Crippen molar-refractivity contribution in [2.45, 2.75) is 25.2 Å². The van der Waals surface area contributed by atoms with Gasteiger partial charge < -0.3 is 4.74 Å². The molecule has 2 fully saturated rings. The molecule has 9 nitrogen and oxygen atoms in total. The molecule has 1 saturated carbocycles. The Morgan fingerprint density at radius 1 is 0.744 bits per heavy atom. The first-order valence-corrected chi connectivity index (χ1v) is 12.8. The summed E-state index contributed by atoms with van der Waals surface area (Å²) in [4.78, 5) is 64.0. The normalized spacial score (nSPS) is 20.2. The quantitative estimate of drug-likeness (QED) is 0.289. The van der Waals surface area contributed by atoms with Crippen LogP contribution in [0.1, 0.15) is 51.5 Å². The van der Waals surface area contributed by atoms with Gasteiger partial charge in [0.1, 0.15) is 0 Å². The third-order valence-electron chi connectivity index (χ3n) is 7.24. The average Bonchev–Trinajstić information content (AvgIpc) is 3.24. The number of amides is 4. The second-order valence-corrected chi connectivity index (χ2v) is 9.64. The molecule has 2 N–H and O–H groups in total. The van der Waals surface area contributed by atoms with Crippen molar-refractivity contribution in [3.8, 4) is 0 Å². The molecule has 1 aliphatic heterocycles. The lowest BCUT2D eigenvalue weighted by molar-refractivity contribution is -0.125. The van der Waals surface area contributed by atoms with Gasteiger partial charge in [-0.3, -0.25) is 34.9 Å². The van der Waals surface area contributed by atoms with Crippen molar-refractivity contribution in [3.05, 3.63) is 102 Å². The highest BCUT2D eigenvalue weighted by atomic mass is 16.5. The van der Waals surface area contributed by atoms with Gasteiger partial charge in [0.15, 0.2) is 6.61 Å². The summed E-state index contributed by atoms with van der Waals surface area (Å²) in [6.45, 7) is -0.606. The van der Waals surface area contributed by atoms with Crippen molar-refractivity contribution in [2.75, 3.05) is 11.5 Å². The van der Waals surface area contributed by atoms with Crippen LogP contribution < -0.4 is 15.8 Å². The zero-order chi connectivity index (χ0) is 27.4. The number of anilines is 1. The van der Waals surface area contributed by atoms with Gasteiger partial charge in [-0.15, -0.1) is 0 Å². The molecular formula is C30H27N3O6. The number of esters is 1. The molecule has 0 unspecified atom stereocenters. The summed E-state index contributed by atoms with van der Waals surface area (Å²) in [6.07, 6.45) is 2.14. The largest absolute Gasteiger partial charge is 0.452 e. The molecule has 9 heteroatoms. The summed E-state index contributed by atoms with van der Waals surface area (Å²) in [7, 11) is 0. The van der Waals surface area contributed by atoms with E-state index < -0.39 is 24.4 Å². The minimum absolute atomic E-state index is 0.153. The number of hydrogen-bond acceptors (Lipinski definition) is 6. The van der Waals surface area contributed by atoms with Crippen LogP contribution >= 0.6 is 0 Å². The molecule has 1 aliphatic carbocycles. The van der Waals surface area contributed by atoms with Crippen LogP contribution in [-0.4, -0.2) is 36.2 Å². The number of carbonyl (C=O) groups excluding carboxylic acids is 5. The van der Waals surface area contributed by atoms with Gasteiger partial charge >= 0.3 is 5.97 Å². The molecule has 198 valence electrons. The summed E-state index contributed by atoms with van der Waals surface area (Å²) in [6, 6.07) is 24.3. The molecule has 0 bridgehead atoms. The van der Waals surface area contributed by atoms with E-state index >= 15 is 0 Å². The van der Waals surface area contributed by atoms with Gasteiger partial charge in [0, 0.05) is 5.56 Å². The molecule has 0 radical (unpaired) electrons.